The van der Waals surface area contributed by atoms with Gasteiger partial charge in [-0.25, -0.2) is 9.59 Å². The summed E-state index contributed by atoms with van der Waals surface area (Å²) in [6.07, 6.45) is -4.77. The second kappa shape index (κ2) is 10.4. The van der Waals surface area contributed by atoms with Gasteiger partial charge in [-0.15, -0.1) is 0 Å². The molecule has 3 amide bonds. The third-order valence-corrected chi connectivity index (χ3v) is 6.51. The van der Waals surface area contributed by atoms with Gasteiger partial charge in [0, 0.05) is 17.8 Å². The maximum absolute atomic E-state index is 14.1. The molecule has 0 spiro atoms. The van der Waals surface area contributed by atoms with Crippen LogP contribution in [0.15, 0.2) is 60.7 Å². The minimum atomic E-state index is -4.77. The molecular formula is C27H23ClF3N3O4. The number of anilines is 2. The highest BCUT2D eigenvalue weighted by atomic mass is 35.5. The van der Waals surface area contributed by atoms with Crippen LogP contribution in [-0.4, -0.2) is 34.0 Å². The van der Waals surface area contributed by atoms with Gasteiger partial charge in [0.05, 0.1) is 16.3 Å². The van der Waals surface area contributed by atoms with Crippen LogP contribution in [0.1, 0.15) is 35.3 Å². The van der Waals surface area contributed by atoms with Gasteiger partial charge < -0.3 is 20.6 Å². The molecular weight excluding hydrogens is 523 g/mol. The van der Waals surface area contributed by atoms with E-state index in [1.165, 1.54) is 35.2 Å². The topological polar surface area (TPSA) is 98.7 Å². The molecule has 0 saturated carbocycles. The summed E-state index contributed by atoms with van der Waals surface area (Å²) in [7, 11) is 0. The Morgan fingerprint density at radius 2 is 1.71 bits per heavy atom. The molecule has 0 fully saturated rings. The number of halogens is 4. The van der Waals surface area contributed by atoms with Gasteiger partial charge in [0.1, 0.15) is 6.04 Å². The smallest absolute Gasteiger partial charge is 0.417 e. The van der Waals surface area contributed by atoms with E-state index < -0.39 is 35.7 Å². The van der Waals surface area contributed by atoms with Gasteiger partial charge in [-0.2, -0.15) is 13.2 Å². The summed E-state index contributed by atoms with van der Waals surface area (Å²) in [6, 6.07) is 12.2. The molecule has 3 N–H and O–H groups in total. The second-order valence-corrected chi connectivity index (χ2v) is 9.56. The summed E-state index contributed by atoms with van der Waals surface area (Å²) in [5.41, 5.74) is -0.190. The molecule has 7 nitrogen and oxygen atoms in total. The number of aliphatic carboxylic acids is 1. The molecule has 0 aliphatic carbocycles. The summed E-state index contributed by atoms with van der Waals surface area (Å²) in [5.74, 6) is -2.06. The number of carbonyl (C=O) groups is 3. The molecule has 1 heterocycles. The molecule has 1 unspecified atom stereocenters. The summed E-state index contributed by atoms with van der Waals surface area (Å²) in [6.45, 7) is 3.42. The molecule has 0 radical (unpaired) electrons. The van der Waals surface area contributed by atoms with Crippen molar-refractivity contribution in [3.63, 3.8) is 0 Å². The number of rotatable bonds is 6. The number of nitrogens with zero attached hydrogens (tertiary/aromatic N) is 1. The number of benzene rings is 3. The van der Waals surface area contributed by atoms with Crippen molar-refractivity contribution < 1.29 is 32.7 Å². The lowest BCUT2D eigenvalue weighted by Crippen LogP contribution is -2.44. The first-order valence-electron chi connectivity index (χ1n) is 11.6. The Morgan fingerprint density at radius 1 is 1.00 bits per heavy atom. The zero-order valence-corrected chi connectivity index (χ0v) is 21.0. The molecule has 1 aliphatic rings. The highest BCUT2D eigenvalue weighted by molar-refractivity contribution is 6.33. The average molecular weight is 546 g/mol. The number of amides is 3. The number of carbonyl (C=O) groups excluding carboxylic acids is 2. The molecule has 4 rings (SSSR count). The highest BCUT2D eigenvalue weighted by Crippen LogP contribution is 2.40. The Hall–Kier alpha value is -4.05. The van der Waals surface area contributed by atoms with Crippen LogP contribution < -0.4 is 10.6 Å². The van der Waals surface area contributed by atoms with Crippen molar-refractivity contribution in [2.45, 2.75) is 32.6 Å². The Labute approximate surface area is 221 Å². The third-order valence-electron chi connectivity index (χ3n) is 6.18. The number of urea groups is 1. The van der Waals surface area contributed by atoms with E-state index in [-0.39, 0.29) is 39.9 Å². The van der Waals surface area contributed by atoms with Crippen LogP contribution in [-0.2, 0) is 17.5 Å². The highest BCUT2D eigenvalue weighted by Gasteiger charge is 2.39. The Balaban J connectivity index is 1.63. The van der Waals surface area contributed by atoms with Gasteiger partial charge in [-0.3, -0.25) is 4.79 Å². The van der Waals surface area contributed by atoms with Gasteiger partial charge in [0.2, 0.25) is 0 Å². The first kappa shape index (κ1) is 27.0. The monoisotopic (exact) mass is 545 g/mol. The fourth-order valence-corrected chi connectivity index (χ4v) is 4.63. The van der Waals surface area contributed by atoms with Gasteiger partial charge in [-0.05, 0) is 52.9 Å². The van der Waals surface area contributed by atoms with E-state index in [2.05, 4.69) is 10.6 Å². The SMILES string of the molecule is CC(C)C(C(=O)O)N1Cc2ccc(-c3ccc(NC(=O)Nc4ccccc4Cl)cc3C(F)(F)F)cc2C1=O. The molecule has 0 bridgehead atoms. The molecule has 0 saturated heterocycles. The molecule has 0 aromatic heterocycles. The Bertz CT molecular complexity index is 1420. The summed E-state index contributed by atoms with van der Waals surface area (Å²) in [4.78, 5) is 38.3. The van der Waals surface area contributed by atoms with E-state index in [0.717, 1.165) is 6.07 Å². The van der Waals surface area contributed by atoms with Crippen molar-refractivity contribution in [1.82, 2.24) is 4.90 Å². The summed E-state index contributed by atoms with van der Waals surface area (Å²) < 4.78 is 42.2. The molecule has 3 aromatic rings. The van der Waals surface area contributed by atoms with Crippen molar-refractivity contribution >= 4 is 40.9 Å². The minimum Gasteiger partial charge on any atom is -0.480 e. The fourth-order valence-electron chi connectivity index (χ4n) is 4.45. The number of hydrogen-bond donors (Lipinski definition) is 3. The molecule has 1 aliphatic heterocycles. The van der Waals surface area contributed by atoms with Gasteiger partial charge >= 0.3 is 18.2 Å². The van der Waals surface area contributed by atoms with E-state index >= 15 is 0 Å². The number of alkyl halides is 3. The second-order valence-electron chi connectivity index (χ2n) is 9.15. The number of nitrogens with one attached hydrogen (secondary N) is 2. The average Bonchev–Trinajstić information content (AvgIpc) is 3.14. The standard InChI is InChI=1S/C27H23ClF3N3O4/c1-14(2)23(25(36)37)34-13-16-8-7-15(11-19(16)24(34)35)18-10-9-17(12-20(18)27(29,30)31)32-26(38)33-22-6-4-3-5-21(22)28/h3-12,14,23H,13H2,1-2H3,(H,36,37)(H2,32,33,38). The van der Waals surface area contributed by atoms with E-state index in [1.54, 1.807) is 38.1 Å². The van der Waals surface area contributed by atoms with Crippen molar-refractivity contribution in [1.29, 1.82) is 0 Å². The first-order chi connectivity index (χ1) is 17.9. The number of carboxylic acid groups (broad SMARTS) is 1. The number of carboxylic acids is 1. The van der Waals surface area contributed by atoms with Crippen LogP contribution in [0.4, 0.5) is 29.3 Å². The minimum absolute atomic E-state index is 0.0547. The molecule has 38 heavy (non-hydrogen) atoms. The predicted molar refractivity (Wildman–Crippen MR) is 137 cm³/mol. The van der Waals surface area contributed by atoms with Gasteiger partial charge in [0.15, 0.2) is 0 Å². The van der Waals surface area contributed by atoms with E-state index in [9.17, 15) is 32.7 Å². The van der Waals surface area contributed by atoms with Crippen molar-refractivity contribution in [2.75, 3.05) is 10.6 Å². The van der Waals surface area contributed by atoms with Crippen LogP contribution in [0, 0.1) is 5.92 Å². The third kappa shape index (κ3) is 5.45. The van der Waals surface area contributed by atoms with Crippen molar-refractivity contribution in [3.05, 3.63) is 82.4 Å². The first-order valence-corrected chi connectivity index (χ1v) is 12.0. The van der Waals surface area contributed by atoms with Crippen molar-refractivity contribution in [3.8, 4) is 11.1 Å². The quantitative estimate of drug-likeness (QED) is 0.319. The van der Waals surface area contributed by atoms with Gasteiger partial charge in [0.25, 0.3) is 5.91 Å². The maximum Gasteiger partial charge on any atom is 0.417 e. The van der Waals surface area contributed by atoms with Crippen molar-refractivity contribution in [2.24, 2.45) is 5.92 Å². The molecule has 1 atom stereocenters. The van der Waals surface area contributed by atoms with Crippen LogP contribution >= 0.6 is 11.6 Å². The zero-order chi connectivity index (χ0) is 27.8. The fraction of sp³-hybridized carbons (Fsp3) is 0.222. The van der Waals surface area contributed by atoms with Crippen LogP contribution in [0.5, 0.6) is 0 Å². The lowest BCUT2D eigenvalue weighted by atomic mass is 9.95. The Morgan fingerprint density at radius 3 is 2.34 bits per heavy atom. The predicted octanol–water partition coefficient (Wildman–Crippen LogP) is 6.73. The van der Waals surface area contributed by atoms with Crippen LogP contribution in [0.2, 0.25) is 5.02 Å². The lowest BCUT2D eigenvalue weighted by Gasteiger charge is -2.27. The van der Waals surface area contributed by atoms with Crippen LogP contribution in [0.25, 0.3) is 11.1 Å². The van der Waals surface area contributed by atoms with E-state index in [4.69, 9.17) is 11.6 Å². The normalized spacial score (nSPS) is 13.9. The summed E-state index contributed by atoms with van der Waals surface area (Å²) >= 11 is 6.01. The van der Waals surface area contributed by atoms with Crippen LogP contribution in [0.3, 0.4) is 0 Å². The van der Waals surface area contributed by atoms with E-state index in [0.29, 0.717) is 11.3 Å². The zero-order valence-electron chi connectivity index (χ0n) is 20.3. The number of para-hydroxylation sites is 1. The van der Waals surface area contributed by atoms with E-state index in [1.807, 2.05) is 0 Å². The molecule has 11 heteroatoms. The Kier molecular flexibility index (Phi) is 7.37. The number of hydrogen-bond acceptors (Lipinski definition) is 3. The molecule has 198 valence electrons. The lowest BCUT2D eigenvalue weighted by molar-refractivity contribution is -0.144. The number of fused-ring (bicyclic) bond motifs is 1. The largest absolute Gasteiger partial charge is 0.480 e. The summed E-state index contributed by atoms with van der Waals surface area (Å²) in [5, 5.41) is 14.7. The molecule has 3 aromatic carbocycles. The maximum atomic E-state index is 14.1. The van der Waals surface area contributed by atoms with Gasteiger partial charge in [-0.1, -0.05) is 55.8 Å².